The molecule has 0 radical (unpaired) electrons. The number of carbonyl (C=O) groups is 2. The lowest BCUT2D eigenvalue weighted by Gasteiger charge is -2.34. The molecule has 2 rings (SSSR count). The Labute approximate surface area is 215 Å². The Kier molecular flexibility index (Phi) is 9.54. The molecule has 0 fully saturated rings. The number of rotatable bonds is 10. The van der Waals surface area contributed by atoms with Crippen molar-refractivity contribution in [3.8, 4) is 5.75 Å². The number of hydrogen-bond donors (Lipinski definition) is 1. The molecule has 0 unspecified atom stereocenters. The zero-order chi connectivity index (χ0) is 27.3. The molecular formula is C27H39N3O5S. The average Bonchev–Trinajstić information content (AvgIpc) is 2.76. The van der Waals surface area contributed by atoms with Crippen LogP contribution in [-0.4, -0.2) is 56.6 Å². The van der Waals surface area contributed by atoms with E-state index in [9.17, 15) is 18.0 Å². The molecule has 0 heterocycles. The van der Waals surface area contributed by atoms with Gasteiger partial charge in [0.2, 0.25) is 21.8 Å². The van der Waals surface area contributed by atoms with Crippen LogP contribution >= 0.6 is 0 Å². The molecule has 0 aliphatic rings. The zero-order valence-electron chi connectivity index (χ0n) is 22.6. The normalized spacial score (nSPS) is 12.6. The Morgan fingerprint density at radius 2 is 1.67 bits per heavy atom. The summed E-state index contributed by atoms with van der Waals surface area (Å²) in [4.78, 5) is 28.4. The van der Waals surface area contributed by atoms with Crippen LogP contribution in [0.25, 0.3) is 0 Å². The van der Waals surface area contributed by atoms with Crippen molar-refractivity contribution in [1.29, 1.82) is 0 Å². The molecule has 9 heteroatoms. The molecule has 8 nitrogen and oxygen atoms in total. The van der Waals surface area contributed by atoms with E-state index in [0.717, 1.165) is 27.3 Å². The van der Waals surface area contributed by atoms with Crippen LogP contribution in [0.2, 0.25) is 0 Å². The van der Waals surface area contributed by atoms with Crippen molar-refractivity contribution in [3.05, 3.63) is 59.2 Å². The highest BCUT2D eigenvalue weighted by Gasteiger charge is 2.33. The van der Waals surface area contributed by atoms with Gasteiger partial charge in [-0.05, 0) is 70.4 Å². The number of hydrogen-bond acceptors (Lipinski definition) is 5. The van der Waals surface area contributed by atoms with Crippen LogP contribution in [0.4, 0.5) is 5.69 Å². The summed E-state index contributed by atoms with van der Waals surface area (Å²) in [5.41, 5.74) is 2.48. The number of aryl methyl sites for hydroxylation is 2. The third-order valence-electron chi connectivity index (χ3n) is 5.70. The lowest BCUT2D eigenvalue weighted by molar-refractivity contribution is -0.141. The first kappa shape index (κ1) is 29.2. The van der Waals surface area contributed by atoms with E-state index in [1.807, 2.05) is 65.8 Å². The number of amides is 2. The van der Waals surface area contributed by atoms with Gasteiger partial charge in [-0.3, -0.25) is 13.9 Å². The molecule has 2 aromatic rings. The lowest BCUT2D eigenvalue weighted by atomic mass is 10.1. The summed E-state index contributed by atoms with van der Waals surface area (Å²) in [6.45, 7) is 10.9. The number of methoxy groups -OCH3 is 1. The molecule has 1 N–H and O–H groups in total. The molecule has 36 heavy (non-hydrogen) atoms. The molecule has 1 atom stereocenters. The molecule has 2 amide bonds. The number of nitrogens with zero attached hydrogens (tertiary/aromatic N) is 2. The van der Waals surface area contributed by atoms with E-state index < -0.39 is 34.1 Å². The summed E-state index contributed by atoms with van der Waals surface area (Å²) < 4.78 is 31.9. The molecule has 0 aliphatic carbocycles. The highest BCUT2D eigenvalue weighted by molar-refractivity contribution is 7.92. The monoisotopic (exact) mass is 517 g/mol. The van der Waals surface area contributed by atoms with Crippen LogP contribution in [0.5, 0.6) is 5.75 Å². The summed E-state index contributed by atoms with van der Waals surface area (Å²) >= 11 is 0. The van der Waals surface area contributed by atoms with E-state index in [1.165, 1.54) is 4.90 Å². The number of carbonyl (C=O) groups excluding carboxylic acids is 2. The summed E-state index contributed by atoms with van der Waals surface area (Å²) in [5, 5.41) is 2.96. The van der Waals surface area contributed by atoms with Crippen LogP contribution in [0, 0.1) is 13.8 Å². The quantitative estimate of drug-likeness (QED) is 0.517. The van der Waals surface area contributed by atoms with Gasteiger partial charge in [0.1, 0.15) is 18.3 Å². The third-order valence-corrected chi connectivity index (χ3v) is 6.82. The largest absolute Gasteiger partial charge is 0.497 e. The van der Waals surface area contributed by atoms with Crippen LogP contribution in [-0.2, 0) is 26.2 Å². The highest BCUT2D eigenvalue weighted by Crippen LogP contribution is 2.25. The first-order valence-corrected chi connectivity index (χ1v) is 13.8. The fourth-order valence-electron chi connectivity index (χ4n) is 3.98. The molecule has 2 aromatic carbocycles. The summed E-state index contributed by atoms with van der Waals surface area (Å²) in [7, 11) is -2.21. The van der Waals surface area contributed by atoms with Crippen LogP contribution in [0.15, 0.2) is 42.5 Å². The van der Waals surface area contributed by atoms with E-state index in [-0.39, 0.29) is 12.5 Å². The van der Waals surface area contributed by atoms with Crippen molar-refractivity contribution < 1.29 is 22.7 Å². The second-order valence-electron chi connectivity index (χ2n) is 10.1. The van der Waals surface area contributed by atoms with Crippen LogP contribution in [0.3, 0.4) is 0 Å². The summed E-state index contributed by atoms with van der Waals surface area (Å²) in [6, 6.07) is 11.8. The average molecular weight is 518 g/mol. The Hall–Kier alpha value is -3.07. The zero-order valence-corrected chi connectivity index (χ0v) is 23.4. The maximum atomic E-state index is 13.8. The summed E-state index contributed by atoms with van der Waals surface area (Å²) in [6.07, 6.45) is 1.45. The molecule has 0 saturated heterocycles. The minimum absolute atomic E-state index is 0.142. The number of ether oxygens (including phenoxy) is 1. The predicted molar refractivity (Wildman–Crippen MR) is 144 cm³/mol. The lowest BCUT2D eigenvalue weighted by Crippen LogP contribution is -2.55. The van der Waals surface area contributed by atoms with Crippen molar-refractivity contribution >= 4 is 27.5 Å². The van der Waals surface area contributed by atoms with Crippen molar-refractivity contribution in [3.63, 3.8) is 0 Å². The molecular weight excluding hydrogens is 478 g/mol. The second-order valence-corrected chi connectivity index (χ2v) is 12.0. The van der Waals surface area contributed by atoms with Crippen molar-refractivity contribution in [1.82, 2.24) is 10.2 Å². The highest BCUT2D eigenvalue weighted by atomic mass is 32.2. The van der Waals surface area contributed by atoms with Crippen molar-refractivity contribution in [2.24, 2.45) is 0 Å². The van der Waals surface area contributed by atoms with E-state index in [0.29, 0.717) is 17.9 Å². The van der Waals surface area contributed by atoms with Gasteiger partial charge in [-0.15, -0.1) is 0 Å². The maximum absolute atomic E-state index is 13.8. The van der Waals surface area contributed by atoms with Gasteiger partial charge in [0.15, 0.2) is 0 Å². The van der Waals surface area contributed by atoms with Gasteiger partial charge in [-0.1, -0.05) is 36.8 Å². The van der Waals surface area contributed by atoms with E-state index in [2.05, 4.69) is 5.32 Å². The second kappa shape index (κ2) is 11.8. The van der Waals surface area contributed by atoms with Gasteiger partial charge >= 0.3 is 0 Å². The number of sulfonamides is 1. The van der Waals surface area contributed by atoms with E-state index in [4.69, 9.17) is 4.74 Å². The van der Waals surface area contributed by atoms with Crippen LogP contribution in [0.1, 0.15) is 50.8 Å². The smallest absolute Gasteiger partial charge is 0.244 e. The Balaban J connectivity index is 2.48. The van der Waals surface area contributed by atoms with Gasteiger partial charge in [0.25, 0.3) is 0 Å². The molecule has 0 bridgehead atoms. The Morgan fingerprint density at radius 1 is 1.06 bits per heavy atom. The minimum Gasteiger partial charge on any atom is -0.497 e. The van der Waals surface area contributed by atoms with E-state index >= 15 is 0 Å². The first-order chi connectivity index (χ1) is 16.7. The van der Waals surface area contributed by atoms with Crippen molar-refractivity contribution in [2.75, 3.05) is 24.2 Å². The molecule has 198 valence electrons. The van der Waals surface area contributed by atoms with Gasteiger partial charge < -0.3 is 15.0 Å². The van der Waals surface area contributed by atoms with Gasteiger partial charge in [-0.2, -0.15) is 0 Å². The molecule has 0 saturated carbocycles. The molecule has 0 aromatic heterocycles. The fourth-order valence-corrected chi connectivity index (χ4v) is 4.89. The molecule has 0 aliphatic heterocycles. The van der Waals surface area contributed by atoms with Gasteiger partial charge in [0, 0.05) is 12.1 Å². The maximum Gasteiger partial charge on any atom is 0.244 e. The number of nitrogens with one attached hydrogen (secondary N) is 1. The SMILES string of the molecule is CC[C@@H](C(=O)NC(C)(C)C)N(Cc1ccc(OC)cc1)C(=O)CN(c1ccc(C)cc1C)S(C)(=O)=O. The fraction of sp³-hybridized carbons (Fsp3) is 0.481. The van der Waals surface area contributed by atoms with Gasteiger partial charge in [-0.25, -0.2) is 8.42 Å². The van der Waals surface area contributed by atoms with Crippen molar-refractivity contribution in [2.45, 2.75) is 66.1 Å². The number of benzene rings is 2. The Bertz CT molecular complexity index is 1170. The number of anilines is 1. The third kappa shape index (κ3) is 7.98. The minimum atomic E-state index is -3.78. The van der Waals surface area contributed by atoms with E-state index in [1.54, 1.807) is 25.3 Å². The Morgan fingerprint density at radius 3 is 2.14 bits per heavy atom. The predicted octanol–water partition coefficient (Wildman–Crippen LogP) is 3.80. The standard InChI is InChI=1S/C27H39N3O5S/c1-9-23(26(32)28-27(4,5)6)29(17-21-11-13-22(35-7)14-12-21)25(31)18-30(36(8,33)34)24-15-10-19(2)16-20(24)3/h10-16,23H,9,17-18H2,1-8H3,(H,28,32)/t23-/m0/s1. The summed E-state index contributed by atoms with van der Waals surface area (Å²) in [5.74, 6) is -0.0800. The van der Waals surface area contributed by atoms with Gasteiger partial charge in [0.05, 0.1) is 19.1 Å². The topological polar surface area (TPSA) is 96.0 Å². The van der Waals surface area contributed by atoms with Crippen LogP contribution < -0.4 is 14.4 Å². The molecule has 0 spiro atoms. The first-order valence-electron chi connectivity index (χ1n) is 12.0.